The fraction of sp³-hybridized carbons (Fsp3) is 0.643. The van der Waals surface area contributed by atoms with Crippen molar-refractivity contribution in [2.24, 2.45) is 5.92 Å². The summed E-state index contributed by atoms with van der Waals surface area (Å²) >= 11 is 0. The van der Waals surface area contributed by atoms with Gasteiger partial charge in [0.2, 0.25) is 10.0 Å². The van der Waals surface area contributed by atoms with Crippen molar-refractivity contribution in [3.05, 3.63) is 18.1 Å². The molecule has 0 aliphatic carbocycles. The highest BCUT2D eigenvalue weighted by atomic mass is 32.2. The first-order chi connectivity index (χ1) is 11.0. The van der Waals surface area contributed by atoms with Crippen LogP contribution in [0.5, 0.6) is 0 Å². The summed E-state index contributed by atoms with van der Waals surface area (Å²) in [6, 6.07) is 0. The van der Waals surface area contributed by atoms with Crippen LogP contribution < -0.4 is 4.90 Å². The molecule has 0 bridgehead atoms. The number of hydrogen-bond acceptors (Lipinski definition) is 6. The summed E-state index contributed by atoms with van der Waals surface area (Å²) in [5, 5.41) is 9.19. The standard InChI is InChI=1S/C14H20N4O4S/c19-14(20)12-13(16-5-4-15-12)17-7-2-11(3-8-17)10-18-6-1-9-23(18,21)22/h4-5,11H,1-3,6-10H2,(H,19,20). The lowest BCUT2D eigenvalue weighted by atomic mass is 9.96. The minimum atomic E-state index is -3.05. The van der Waals surface area contributed by atoms with Gasteiger partial charge in [0.15, 0.2) is 11.5 Å². The number of nitrogens with zero attached hydrogens (tertiary/aromatic N) is 4. The first-order valence-corrected chi connectivity index (χ1v) is 9.35. The SMILES string of the molecule is O=C(O)c1nccnc1N1CCC(CN2CCCS2(=O)=O)CC1. The molecule has 2 aliphatic heterocycles. The fourth-order valence-electron chi connectivity index (χ4n) is 3.22. The molecule has 3 rings (SSSR count). The summed E-state index contributed by atoms with van der Waals surface area (Å²) in [5.41, 5.74) is -0.0342. The Bertz CT molecular complexity index is 686. The molecule has 8 nitrogen and oxygen atoms in total. The van der Waals surface area contributed by atoms with Crippen molar-refractivity contribution in [3.63, 3.8) is 0 Å². The molecule has 3 heterocycles. The van der Waals surface area contributed by atoms with Crippen molar-refractivity contribution in [2.45, 2.75) is 19.3 Å². The molecule has 0 unspecified atom stereocenters. The van der Waals surface area contributed by atoms with Gasteiger partial charge >= 0.3 is 5.97 Å². The van der Waals surface area contributed by atoms with Gasteiger partial charge in [0.1, 0.15) is 0 Å². The van der Waals surface area contributed by atoms with Crippen LogP contribution in [0.1, 0.15) is 29.8 Å². The van der Waals surface area contributed by atoms with E-state index in [1.165, 1.54) is 12.4 Å². The largest absolute Gasteiger partial charge is 0.476 e. The van der Waals surface area contributed by atoms with E-state index in [2.05, 4.69) is 9.97 Å². The molecule has 126 valence electrons. The molecular formula is C14H20N4O4S. The van der Waals surface area contributed by atoms with Crippen LogP contribution in [0.2, 0.25) is 0 Å². The van der Waals surface area contributed by atoms with Gasteiger partial charge in [-0.05, 0) is 25.2 Å². The van der Waals surface area contributed by atoms with E-state index < -0.39 is 16.0 Å². The van der Waals surface area contributed by atoms with Gasteiger partial charge in [-0.3, -0.25) is 0 Å². The predicted molar refractivity (Wildman–Crippen MR) is 83.9 cm³/mol. The van der Waals surface area contributed by atoms with Crippen molar-refractivity contribution in [1.29, 1.82) is 0 Å². The van der Waals surface area contributed by atoms with E-state index in [9.17, 15) is 18.3 Å². The van der Waals surface area contributed by atoms with Crippen molar-refractivity contribution in [2.75, 3.05) is 36.8 Å². The Labute approximate surface area is 135 Å². The smallest absolute Gasteiger partial charge is 0.358 e. The molecule has 9 heteroatoms. The highest BCUT2D eigenvalue weighted by molar-refractivity contribution is 7.89. The third-order valence-electron chi connectivity index (χ3n) is 4.46. The summed E-state index contributed by atoms with van der Waals surface area (Å²) in [6.45, 7) is 2.52. The van der Waals surface area contributed by atoms with Crippen LogP contribution in [0.3, 0.4) is 0 Å². The molecule has 1 aromatic rings. The number of piperidine rings is 1. The Morgan fingerprint density at radius 2 is 1.91 bits per heavy atom. The van der Waals surface area contributed by atoms with Gasteiger partial charge in [-0.1, -0.05) is 0 Å². The second-order valence-electron chi connectivity index (χ2n) is 5.99. The average Bonchev–Trinajstić information content (AvgIpc) is 2.87. The zero-order valence-corrected chi connectivity index (χ0v) is 13.6. The van der Waals surface area contributed by atoms with E-state index in [4.69, 9.17) is 0 Å². The molecule has 0 radical (unpaired) electrons. The normalized spacial score (nSPS) is 22.3. The second kappa shape index (κ2) is 6.40. The maximum absolute atomic E-state index is 11.9. The fourth-order valence-corrected chi connectivity index (χ4v) is 4.82. The highest BCUT2D eigenvalue weighted by Crippen LogP contribution is 2.26. The Morgan fingerprint density at radius 1 is 1.22 bits per heavy atom. The van der Waals surface area contributed by atoms with E-state index in [-0.39, 0.29) is 11.4 Å². The molecule has 1 N–H and O–H groups in total. The number of carboxylic acid groups (broad SMARTS) is 1. The summed E-state index contributed by atoms with van der Waals surface area (Å²) in [4.78, 5) is 21.2. The topological polar surface area (TPSA) is 104 Å². The van der Waals surface area contributed by atoms with Gasteiger partial charge in [0.05, 0.1) is 5.75 Å². The highest BCUT2D eigenvalue weighted by Gasteiger charge is 2.32. The Morgan fingerprint density at radius 3 is 2.52 bits per heavy atom. The zero-order chi connectivity index (χ0) is 16.4. The summed E-state index contributed by atoms with van der Waals surface area (Å²) in [6.07, 6.45) is 5.22. The van der Waals surface area contributed by atoms with Crippen LogP contribution in [0.25, 0.3) is 0 Å². The molecular weight excluding hydrogens is 320 g/mol. The van der Waals surface area contributed by atoms with Crippen LogP contribution in [0.15, 0.2) is 12.4 Å². The van der Waals surface area contributed by atoms with Crippen molar-refractivity contribution in [3.8, 4) is 0 Å². The first kappa shape index (κ1) is 16.1. The molecule has 23 heavy (non-hydrogen) atoms. The number of aromatic nitrogens is 2. The van der Waals surface area contributed by atoms with Gasteiger partial charge in [0, 0.05) is 38.6 Å². The van der Waals surface area contributed by atoms with Gasteiger partial charge in [-0.15, -0.1) is 0 Å². The summed E-state index contributed by atoms with van der Waals surface area (Å²) in [7, 11) is -3.05. The summed E-state index contributed by atoms with van der Waals surface area (Å²) < 4.78 is 25.3. The monoisotopic (exact) mass is 340 g/mol. The van der Waals surface area contributed by atoms with Gasteiger partial charge in [0.25, 0.3) is 0 Å². The number of sulfonamides is 1. The molecule has 2 saturated heterocycles. The molecule has 2 aliphatic rings. The number of rotatable bonds is 4. The lowest BCUT2D eigenvalue weighted by molar-refractivity contribution is 0.0690. The maximum atomic E-state index is 11.9. The van der Waals surface area contributed by atoms with E-state index >= 15 is 0 Å². The molecule has 0 aromatic carbocycles. The van der Waals surface area contributed by atoms with Gasteiger partial charge < -0.3 is 10.0 Å². The predicted octanol–water partition coefficient (Wildman–Crippen LogP) is 0.427. The summed E-state index contributed by atoms with van der Waals surface area (Å²) in [5.74, 6) is -0.123. The van der Waals surface area contributed by atoms with E-state index in [0.29, 0.717) is 44.3 Å². The Kier molecular flexibility index (Phi) is 4.49. The molecule has 0 amide bonds. The van der Waals surface area contributed by atoms with Crippen molar-refractivity contribution < 1.29 is 18.3 Å². The van der Waals surface area contributed by atoms with E-state index in [1.807, 2.05) is 4.90 Å². The number of carbonyl (C=O) groups is 1. The third-order valence-corrected chi connectivity index (χ3v) is 6.38. The Hall–Kier alpha value is -1.74. The zero-order valence-electron chi connectivity index (χ0n) is 12.8. The Balaban J connectivity index is 1.62. The number of carboxylic acids is 1. The molecule has 0 atom stereocenters. The lowest BCUT2D eigenvalue weighted by Gasteiger charge is -2.34. The van der Waals surface area contributed by atoms with Crippen LogP contribution in [0, 0.1) is 5.92 Å². The van der Waals surface area contributed by atoms with E-state index in [0.717, 1.165) is 12.8 Å². The third kappa shape index (κ3) is 3.45. The number of hydrogen-bond donors (Lipinski definition) is 1. The van der Waals surface area contributed by atoms with Gasteiger partial charge in [-0.25, -0.2) is 27.5 Å². The molecule has 0 spiro atoms. The van der Waals surface area contributed by atoms with Crippen molar-refractivity contribution in [1.82, 2.24) is 14.3 Å². The van der Waals surface area contributed by atoms with E-state index in [1.54, 1.807) is 4.31 Å². The average molecular weight is 340 g/mol. The minimum Gasteiger partial charge on any atom is -0.476 e. The second-order valence-corrected chi connectivity index (χ2v) is 8.08. The van der Waals surface area contributed by atoms with Crippen LogP contribution in [0.4, 0.5) is 5.82 Å². The molecule has 0 saturated carbocycles. The molecule has 1 aromatic heterocycles. The van der Waals surface area contributed by atoms with Gasteiger partial charge in [-0.2, -0.15) is 0 Å². The minimum absolute atomic E-state index is 0.0342. The van der Waals surface area contributed by atoms with Crippen LogP contribution in [-0.2, 0) is 10.0 Å². The maximum Gasteiger partial charge on any atom is 0.358 e. The van der Waals surface area contributed by atoms with Crippen LogP contribution >= 0.6 is 0 Å². The quantitative estimate of drug-likeness (QED) is 0.847. The van der Waals surface area contributed by atoms with Crippen molar-refractivity contribution >= 4 is 21.8 Å². The number of anilines is 1. The van der Waals surface area contributed by atoms with Crippen LogP contribution in [-0.4, -0.2) is 65.7 Å². The lowest BCUT2D eigenvalue weighted by Crippen LogP contribution is -2.40. The first-order valence-electron chi connectivity index (χ1n) is 7.74. The molecule has 2 fully saturated rings. The number of aromatic carboxylic acids is 1.